The van der Waals surface area contributed by atoms with E-state index in [9.17, 15) is 0 Å². The van der Waals surface area contributed by atoms with Crippen LogP contribution >= 0.6 is 0 Å². The van der Waals surface area contributed by atoms with Crippen LogP contribution in [0.1, 0.15) is 0 Å². The summed E-state index contributed by atoms with van der Waals surface area (Å²) in [5.41, 5.74) is 13.5. The van der Waals surface area contributed by atoms with E-state index in [0.29, 0.717) is 13.1 Å². The van der Waals surface area contributed by atoms with Crippen LogP contribution in [0.2, 0.25) is 0 Å². The molecule has 0 heterocycles. The molecule has 0 radical (unpaired) electrons. The molecule has 0 aromatic heterocycles. The van der Waals surface area contributed by atoms with Crippen molar-refractivity contribution in [2.45, 2.75) is 0 Å². The van der Waals surface area contributed by atoms with E-state index in [1.165, 1.54) is 0 Å². The smallest absolute Gasteiger partial charge is 0.0383 e. The first-order valence-corrected chi connectivity index (χ1v) is 8.87. The van der Waals surface area contributed by atoms with Gasteiger partial charge < -0.3 is 37.6 Å². The van der Waals surface area contributed by atoms with Gasteiger partial charge in [-0.05, 0) is 5.53 Å². The van der Waals surface area contributed by atoms with Crippen LogP contribution in [0.5, 0.6) is 0 Å². The molecule has 0 rings (SSSR count). The van der Waals surface area contributed by atoms with Crippen LogP contribution in [-0.4, -0.2) is 91.6 Å². The maximum atomic E-state index is 8.12. The average molecular weight is 345 g/mol. The number of nitrogens with zero attached hydrogens (tertiary/aromatic N) is 3. The number of nitrogens with one attached hydrogen (secondary N) is 6. The van der Waals surface area contributed by atoms with Gasteiger partial charge in [-0.3, -0.25) is 0 Å². The lowest BCUT2D eigenvalue weighted by Gasteiger charge is -2.09. The standard InChI is InChI=1S/C14H36N10/c15-1-2-17-3-4-18-5-6-19-7-8-20-9-10-21-11-12-22-13-14-23-24-16/h17-22H,1-15H2. The van der Waals surface area contributed by atoms with Crippen LogP contribution in [0.4, 0.5) is 0 Å². The molecule has 10 nitrogen and oxygen atoms in total. The minimum absolute atomic E-state index is 0.506. The van der Waals surface area contributed by atoms with Crippen molar-refractivity contribution in [3.63, 3.8) is 0 Å². The minimum atomic E-state index is 0.506. The van der Waals surface area contributed by atoms with Crippen molar-refractivity contribution in [1.82, 2.24) is 31.9 Å². The summed E-state index contributed by atoms with van der Waals surface area (Å²) in [6.45, 7) is 12.4. The first-order valence-electron chi connectivity index (χ1n) is 8.87. The molecule has 0 spiro atoms. The normalized spacial score (nSPS) is 10.7. The first kappa shape index (κ1) is 23.0. The van der Waals surface area contributed by atoms with Crippen LogP contribution in [0.3, 0.4) is 0 Å². The van der Waals surface area contributed by atoms with Crippen LogP contribution in [0.25, 0.3) is 10.4 Å². The highest BCUT2D eigenvalue weighted by Gasteiger charge is 1.91. The van der Waals surface area contributed by atoms with Crippen molar-refractivity contribution in [3.8, 4) is 0 Å². The van der Waals surface area contributed by atoms with Gasteiger partial charge in [-0.1, -0.05) is 5.11 Å². The van der Waals surface area contributed by atoms with Gasteiger partial charge in [0, 0.05) is 96.5 Å². The molecule has 0 fully saturated rings. The minimum Gasteiger partial charge on any atom is -0.329 e. The third-order valence-corrected chi connectivity index (χ3v) is 3.17. The first-order chi connectivity index (χ1) is 11.9. The fourth-order valence-corrected chi connectivity index (χ4v) is 1.91. The van der Waals surface area contributed by atoms with Crippen LogP contribution in [0.15, 0.2) is 5.11 Å². The highest BCUT2D eigenvalue weighted by Crippen LogP contribution is 1.68. The summed E-state index contributed by atoms with van der Waals surface area (Å²) < 4.78 is 0. The van der Waals surface area contributed by atoms with E-state index in [1.807, 2.05) is 0 Å². The van der Waals surface area contributed by atoms with Crippen molar-refractivity contribution < 1.29 is 0 Å². The van der Waals surface area contributed by atoms with E-state index >= 15 is 0 Å². The topological polar surface area (TPSA) is 147 Å². The molecule has 8 N–H and O–H groups in total. The van der Waals surface area contributed by atoms with Crippen molar-refractivity contribution in [1.29, 1.82) is 0 Å². The molecule has 0 saturated heterocycles. The van der Waals surface area contributed by atoms with Gasteiger partial charge in [0.2, 0.25) is 0 Å². The van der Waals surface area contributed by atoms with Crippen LogP contribution in [0, 0.1) is 0 Å². The Bertz CT molecular complexity index is 283. The monoisotopic (exact) mass is 344 g/mol. The SMILES string of the molecule is [N-]=[N+]=NCCNCCNCCNCCNCCNCCNCCN. The van der Waals surface area contributed by atoms with E-state index < -0.39 is 0 Å². The summed E-state index contributed by atoms with van der Waals surface area (Å²) in [5.74, 6) is 0. The number of nitrogens with two attached hydrogens (primary N) is 1. The van der Waals surface area contributed by atoms with E-state index in [2.05, 4.69) is 41.9 Å². The Morgan fingerprint density at radius 1 is 0.583 bits per heavy atom. The molecular formula is C14H36N10. The predicted molar refractivity (Wildman–Crippen MR) is 100 cm³/mol. The Kier molecular flexibility index (Phi) is 21.1. The Morgan fingerprint density at radius 3 is 1.25 bits per heavy atom. The highest BCUT2D eigenvalue weighted by atomic mass is 15.1. The summed E-state index contributed by atoms with van der Waals surface area (Å²) in [6, 6.07) is 0. The fourth-order valence-electron chi connectivity index (χ4n) is 1.91. The number of rotatable bonds is 20. The summed E-state index contributed by atoms with van der Waals surface area (Å²) in [7, 11) is 0. The summed E-state index contributed by atoms with van der Waals surface area (Å²) in [4.78, 5) is 2.70. The summed E-state index contributed by atoms with van der Waals surface area (Å²) >= 11 is 0. The fraction of sp³-hybridized carbons (Fsp3) is 1.00. The number of hydrogen-bond donors (Lipinski definition) is 7. The molecule has 142 valence electrons. The van der Waals surface area contributed by atoms with Crippen LogP contribution < -0.4 is 37.6 Å². The Labute approximate surface area is 145 Å². The Balaban J connectivity index is 2.96. The second kappa shape index (κ2) is 22.0. The van der Waals surface area contributed by atoms with E-state index in [-0.39, 0.29) is 0 Å². The second-order valence-electron chi connectivity index (χ2n) is 5.24. The quantitative estimate of drug-likeness (QED) is 0.0573. The van der Waals surface area contributed by atoms with Crippen LogP contribution in [-0.2, 0) is 0 Å². The third kappa shape index (κ3) is 21.0. The van der Waals surface area contributed by atoms with Gasteiger partial charge in [0.1, 0.15) is 0 Å². The molecule has 0 aliphatic carbocycles. The van der Waals surface area contributed by atoms with Gasteiger partial charge in [-0.15, -0.1) is 0 Å². The van der Waals surface area contributed by atoms with E-state index in [4.69, 9.17) is 11.3 Å². The zero-order valence-electron chi connectivity index (χ0n) is 14.8. The molecule has 0 saturated carbocycles. The summed E-state index contributed by atoms with van der Waals surface area (Å²) in [5, 5.41) is 23.4. The van der Waals surface area contributed by atoms with Gasteiger partial charge >= 0.3 is 0 Å². The lowest BCUT2D eigenvalue weighted by Crippen LogP contribution is -2.37. The van der Waals surface area contributed by atoms with Crippen molar-refractivity contribution in [2.24, 2.45) is 10.8 Å². The molecule has 0 amide bonds. The molecule has 0 unspecified atom stereocenters. The van der Waals surface area contributed by atoms with Crippen molar-refractivity contribution >= 4 is 0 Å². The number of hydrogen-bond acceptors (Lipinski definition) is 8. The maximum Gasteiger partial charge on any atom is 0.0383 e. The molecule has 24 heavy (non-hydrogen) atoms. The molecule has 0 aliphatic rings. The lowest BCUT2D eigenvalue weighted by atomic mass is 10.5. The van der Waals surface area contributed by atoms with Gasteiger partial charge in [-0.2, -0.15) is 0 Å². The van der Waals surface area contributed by atoms with Gasteiger partial charge in [-0.25, -0.2) is 0 Å². The third-order valence-electron chi connectivity index (χ3n) is 3.17. The molecule has 0 aromatic rings. The zero-order chi connectivity index (χ0) is 17.6. The van der Waals surface area contributed by atoms with Gasteiger partial charge in [0.25, 0.3) is 0 Å². The van der Waals surface area contributed by atoms with Crippen molar-refractivity contribution in [3.05, 3.63) is 10.4 Å². The Hall–Kier alpha value is -0.970. The zero-order valence-corrected chi connectivity index (χ0v) is 14.8. The predicted octanol–water partition coefficient (Wildman–Crippen LogP) is -2.21. The molecule has 10 heteroatoms. The molecule has 0 aliphatic heterocycles. The average Bonchev–Trinajstić information content (AvgIpc) is 2.60. The Morgan fingerprint density at radius 2 is 0.917 bits per heavy atom. The van der Waals surface area contributed by atoms with E-state index in [1.54, 1.807) is 0 Å². The maximum absolute atomic E-state index is 8.12. The lowest BCUT2D eigenvalue weighted by molar-refractivity contribution is 0.553. The molecular weight excluding hydrogens is 308 g/mol. The molecule has 0 atom stereocenters. The van der Waals surface area contributed by atoms with Crippen molar-refractivity contribution in [2.75, 3.05) is 91.6 Å². The highest BCUT2D eigenvalue weighted by molar-refractivity contribution is 4.59. The molecule has 0 aromatic carbocycles. The second-order valence-corrected chi connectivity index (χ2v) is 5.24. The van der Waals surface area contributed by atoms with Gasteiger partial charge in [0.05, 0.1) is 0 Å². The van der Waals surface area contributed by atoms with E-state index in [0.717, 1.165) is 78.5 Å². The summed E-state index contributed by atoms with van der Waals surface area (Å²) in [6.07, 6.45) is 0. The van der Waals surface area contributed by atoms with Gasteiger partial charge in [0.15, 0.2) is 0 Å². The largest absolute Gasteiger partial charge is 0.329 e. The number of azide groups is 1. The molecule has 0 bridgehead atoms.